The first-order valence-corrected chi connectivity index (χ1v) is 45.3. The van der Waals surface area contributed by atoms with E-state index in [4.69, 9.17) is 0 Å². The topological polar surface area (TPSA) is 29.6 Å². The lowest BCUT2D eigenvalue weighted by atomic mass is 9.97. The van der Waals surface area contributed by atoms with Crippen LogP contribution in [0.25, 0.3) is 232 Å². The summed E-state index contributed by atoms with van der Waals surface area (Å²) in [4.78, 5) is 0. The van der Waals surface area contributed by atoms with Crippen molar-refractivity contribution in [2.75, 3.05) is 0 Å². The highest BCUT2D eigenvalue weighted by molar-refractivity contribution is 6.16. The molecule has 27 rings (SSSR count). The van der Waals surface area contributed by atoms with Crippen LogP contribution in [0.15, 0.2) is 510 Å². The van der Waals surface area contributed by atoms with Crippen molar-refractivity contribution >= 4 is 131 Å². The second kappa shape index (κ2) is 32.4. The van der Waals surface area contributed by atoms with Crippen molar-refractivity contribution < 1.29 is 0 Å². The minimum atomic E-state index is 1.17. The van der Waals surface area contributed by atoms with Crippen LogP contribution in [0.5, 0.6) is 0 Å². The fourth-order valence-electron chi connectivity index (χ4n) is 20.7. The molecule has 0 unspecified atom stereocenters. The van der Waals surface area contributed by atoms with Gasteiger partial charge in [0.05, 0.1) is 66.2 Å². The Morgan fingerprint density at radius 2 is 0.227 bits per heavy atom. The largest absolute Gasteiger partial charge is 0.309 e. The number of hydrogen-bond donors (Lipinski definition) is 0. The average Bonchev–Trinajstić information content (AvgIpc) is 1.56. The van der Waals surface area contributed by atoms with E-state index in [1.165, 1.54) is 232 Å². The van der Waals surface area contributed by atoms with Crippen molar-refractivity contribution in [3.05, 3.63) is 510 Å². The van der Waals surface area contributed by atoms with Gasteiger partial charge >= 0.3 is 0 Å². The molecule has 21 aromatic carbocycles. The Labute approximate surface area is 763 Å². The molecule has 0 spiro atoms. The summed E-state index contributed by atoms with van der Waals surface area (Å²) in [6.07, 6.45) is 0. The fourth-order valence-corrected chi connectivity index (χ4v) is 20.7. The Morgan fingerprint density at radius 3 is 0.432 bits per heavy atom. The van der Waals surface area contributed by atoms with E-state index >= 15 is 0 Å². The van der Waals surface area contributed by atoms with E-state index in [1.54, 1.807) is 0 Å². The van der Waals surface area contributed by atoms with E-state index in [9.17, 15) is 0 Å². The number of para-hydroxylation sites is 12. The Balaban J connectivity index is 0.000000106. The summed E-state index contributed by atoms with van der Waals surface area (Å²) in [6.45, 7) is 0. The number of hydrogen-bond acceptors (Lipinski definition) is 0. The standard InChI is InChI=1S/3C42H28N2/c1-5-16-39-35(12-1)36-13-2-6-17-40(36)43(39)33-24-20-29(21-25-33)31-10-9-11-32(28-31)30-22-26-34(27-23-30)44-41-18-7-3-14-37(41)38-15-4-8-19-42(38)44;1-3-14-33(15-4-1)43-39-20-9-7-18-35(39)37-27-31(22-24-41(37)43)29-12-11-13-30(26-29)32-23-25-42-38(28-32)36-19-8-10-21-40(36)44(42)34-16-5-2-6-17-34;1-2-13-33(14-3-1)43-41-20-9-6-17-37(41)38-28-32(23-26-42(38)43)31-12-10-11-30(27-31)29-21-24-34(25-22-29)44-39-18-7-4-15-35(39)36-16-5-8-19-40(36)44/h3*1-28H. The van der Waals surface area contributed by atoms with Crippen molar-refractivity contribution in [1.29, 1.82) is 0 Å². The Bertz CT molecular complexity index is 8610. The van der Waals surface area contributed by atoms with Crippen LogP contribution in [0.1, 0.15) is 0 Å². The van der Waals surface area contributed by atoms with E-state index in [1.807, 2.05) is 0 Å². The second-order valence-corrected chi connectivity index (χ2v) is 34.3. The van der Waals surface area contributed by atoms with Gasteiger partial charge in [-0.3, -0.25) is 0 Å². The number of benzene rings is 21. The molecule has 0 fully saturated rings. The van der Waals surface area contributed by atoms with Crippen LogP contribution < -0.4 is 0 Å². The van der Waals surface area contributed by atoms with Gasteiger partial charge in [0.15, 0.2) is 0 Å². The van der Waals surface area contributed by atoms with Crippen LogP contribution in [0.2, 0.25) is 0 Å². The Hall–Kier alpha value is -17.6. The van der Waals surface area contributed by atoms with Crippen LogP contribution in [-0.4, -0.2) is 27.4 Å². The minimum absolute atomic E-state index is 1.17. The highest BCUT2D eigenvalue weighted by Crippen LogP contribution is 2.44. The first-order chi connectivity index (χ1) is 65.5. The predicted octanol–water partition coefficient (Wildman–Crippen LogP) is 33.6. The zero-order chi connectivity index (χ0) is 87.1. The maximum atomic E-state index is 2.37. The van der Waals surface area contributed by atoms with Crippen molar-refractivity contribution in [1.82, 2.24) is 27.4 Å². The lowest BCUT2D eigenvalue weighted by molar-refractivity contribution is 1.18. The van der Waals surface area contributed by atoms with Gasteiger partial charge in [-0.05, 0) is 249 Å². The Morgan fingerprint density at radius 1 is 0.0833 bits per heavy atom. The second-order valence-electron chi connectivity index (χ2n) is 34.3. The van der Waals surface area contributed by atoms with Crippen LogP contribution in [0.4, 0.5) is 0 Å². The molecule has 0 amide bonds. The van der Waals surface area contributed by atoms with Gasteiger partial charge in [0.25, 0.3) is 0 Å². The fraction of sp³-hybridized carbons (Fsp3) is 0. The molecule has 618 valence electrons. The summed E-state index contributed by atoms with van der Waals surface area (Å²) >= 11 is 0. The molecule has 0 aliphatic heterocycles. The molecule has 0 aliphatic rings. The molecule has 6 heteroatoms. The molecule has 6 aromatic heterocycles. The normalized spacial score (nSPS) is 11.6. The first kappa shape index (κ1) is 76.8. The van der Waals surface area contributed by atoms with Gasteiger partial charge in [0.1, 0.15) is 0 Å². The molecule has 27 aromatic rings. The van der Waals surface area contributed by atoms with E-state index in [0.717, 1.165) is 0 Å². The summed E-state index contributed by atoms with van der Waals surface area (Å²) < 4.78 is 14.2. The molecule has 6 heterocycles. The SMILES string of the molecule is c1cc(-c2ccc(-n3c4ccccc4c4ccccc43)cc2)cc(-c2ccc(-n3c4ccccc4c4ccccc43)cc2)c1.c1ccc(-n2c3ccccc3c3cc(-c4cccc(-c5ccc(-n6c7ccccc7c7ccccc76)cc5)c4)ccc32)cc1.c1ccc(-n2c3ccccc3c3cc(-c4cccc(-c5ccc6c(c5)c5ccccc5n6-c5ccccc5)c4)ccc32)cc1. The molecule has 0 bridgehead atoms. The van der Waals surface area contributed by atoms with Crippen molar-refractivity contribution in [3.8, 4) is 101 Å². The van der Waals surface area contributed by atoms with Gasteiger partial charge in [0, 0.05) is 98.8 Å². The zero-order valence-electron chi connectivity index (χ0n) is 72.2. The van der Waals surface area contributed by atoms with E-state index < -0.39 is 0 Å². The summed E-state index contributed by atoms with van der Waals surface area (Å²) in [6, 6.07) is 184. The number of aromatic nitrogens is 6. The third-order valence-corrected chi connectivity index (χ3v) is 26.8. The van der Waals surface area contributed by atoms with Gasteiger partial charge in [-0.15, -0.1) is 0 Å². The molecule has 0 N–H and O–H groups in total. The van der Waals surface area contributed by atoms with E-state index in [0.29, 0.717) is 0 Å². The predicted molar refractivity (Wildman–Crippen MR) is 558 cm³/mol. The van der Waals surface area contributed by atoms with Gasteiger partial charge in [0.2, 0.25) is 0 Å². The smallest absolute Gasteiger partial charge is 0.0541 e. The van der Waals surface area contributed by atoms with Crippen LogP contribution in [-0.2, 0) is 0 Å². The molecule has 0 radical (unpaired) electrons. The molecule has 0 saturated heterocycles. The number of nitrogens with zero attached hydrogens (tertiary/aromatic N) is 6. The monoisotopic (exact) mass is 1680 g/mol. The summed E-state index contributed by atoms with van der Waals surface area (Å²) in [5, 5.41) is 15.3. The third-order valence-electron chi connectivity index (χ3n) is 26.8. The summed E-state index contributed by atoms with van der Waals surface area (Å²) in [7, 11) is 0. The molecular weight excluding hydrogens is 1600 g/mol. The molecule has 132 heavy (non-hydrogen) atoms. The van der Waals surface area contributed by atoms with E-state index in [2.05, 4.69) is 537 Å². The molecule has 0 saturated carbocycles. The minimum Gasteiger partial charge on any atom is -0.309 e. The highest BCUT2D eigenvalue weighted by Gasteiger charge is 2.21. The maximum absolute atomic E-state index is 2.37. The average molecular weight is 1680 g/mol. The third kappa shape index (κ3) is 13.3. The number of rotatable bonds is 12. The lowest BCUT2D eigenvalue weighted by Crippen LogP contribution is -1.94. The van der Waals surface area contributed by atoms with Crippen LogP contribution in [0, 0.1) is 0 Å². The van der Waals surface area contributed by atoms with Gasteiger partial charge in [-0.1, -0.05) is 328 Å². The van der Waals surface area contributed by atoms with Crippen molar-refractivity contribution in [2.45, 2.75) is 0 Å². The zero-order valence-corrected chi connectivity index (χ0v) is 72.2. The van der Waals surface area contributed by atoms with Crippen LogP contribution in [0.3, 0.4) is 0 Å². The summed E-state index contributed by atoms with van der Waals surface area (Å²) in [5.74, 6) is 0. The molecular formula is C126H84N6. The maximum Gasteiger partial charge on any atom is 0.0541 e. The van der Waals surface area contributed by atoms with Crippen LogP contribution >= 0.6 is 0 Å². The first-order valence-electron chi connectivity index (χ1n) is 45.3. The quantitative estimate of drug-likeness (QED) is 0.117. The molecule has 0 atom stereocenters. The van der Waals surface area contributed by atoms with Gasteiger partial charge < -0.3 is 27.4 Å². The lowest BCUT2D eigenvalue weighted by Gasteiger charge is -2.11. The number of fused-ring (bicyclic) bond motifs is 18. The van der Waals surface area contributed by atoms with Gasteiger partial charge in [-0.2, -0.15) is 0 Å². The highest BCUT2D eigenvalue weighted by atomic mass is 15.0. The Kier molecular flexibility index (Phi) is 18.8. The van der Waals surface area contributed by atoms with Crippen molar-refractivity contribution in [2.24, 2.45) is 0 Å². The molecule has 6 nitrogen and oxygen atoms in total. The molecule has 0 aliphatic carbocycles. The summed E-state index contributed by atoms with van der Waals surface area (Å²) in [5.41, 5.74) is 36.3. The van der Waals surface area contributed by atoms with E-state index in [-0.39, 0.29) is 0 Å². The van der Waals surface area contributed by atoms with Crippen molar-refractivity contribution in [3.63, 3.8) is 0 Å². The van der Waals surface area contributed by atoms with Gasteiger partial charge in [-0.25, -0.2) is 0 Å².